The van der Waals surface area contributed by atoms with Gasteiger partial charge in [0.2, 0.25) is 0 Å². The SMILES string of the molecule is N#Cc1c(O)cnc(C(F)F)c1C(F)(F)F. The standard InChI is InChI=1S/C8H3F5N2O/c9-7(10)6-5(8(11,12)13)3(1-14)4(16)2-15-6/h2,7,16H. The molecule has 8 heteroatoms. The number of hydrogen-bond acceptors (Lipinski definition) is 3. The van der Waals surface area contributed by atoms with Crippen LogP contribution in [0.25, 0.3) is 0 Å². The fourth-order valence-electron chi connectivity index (χ4n) is 1.08. The molecule has 3 nitrogen and oxygen atoms in total. The first-order chi connectivity index (χ1) is 7.29. The Hall–Kier alpha value is -1.91. The molecule has 0 aliphatic carbocycles. The van der Waals surface area contributed by atoms with E-state index in [1.165, 1.54) is 0 Å². The number of rotatable bonds is 1. The summed E-state index contributed by atoms with van der Waals surface area (Å²) >= 11 is 0. The fourth-order valence-corrected chi connectivity index (χ4v) is 1.08. The van der Waals surface area contributed by atoms with Gasteiger partial charge in [-0.1, -0.05) is 0 Å². The summed E-state index contributed by atoms with van der Waals surface area (Å²) in [6, 6.07) is 1.02. The molecule has 0 saturated carbocycles. The van der Waals surface area contributed by atoms with Gasteiger partial charge in [0.25, 0.3) is 6.43 Å². The summed E-state index contributed by atoms with van der Waals surface area (Å²) in [7, 11) is 0. The molecular formula is C8H3F5N2O. The van der Waals surface area contributed by atoms with Crippen molar-refractivity contribution in [1.29, 1.82) is 5.26 Å². The highest BCUT2D eigenvalue weighted by atomic mass is 19.4. The van der Waals surface area contributed by atoms with Crippen LogP contribution in [0, 0.1) is 11.3 Å². The Bertz CT molecular complexity index is 449. The summed E-state index contributed by atoms with van der Waals surface area (Å²) in [5.41, 5.74) is -4.72. The second-order valence-electron chi connectivity index (χ2n) is 2.69. The molecular weight excluding hydrogens is 235 g/mol. The average molecular weight is 238 g/mol. The molecule has 0 unspecified atom stereocenters. The summed E-state index contributed by atoms with van der Waals surface area (Å²) in [5.74, 6) is -1.08. The van der Waals surface area contributed by atoms with Gasteiger partial charge in [-0.25, -0.2) is 8.78 Å². The van der Waals surface area contributed by atoms with Crippen LogP contribution in [-0.4, -0.2) is 10.1 Å². The molecule has 1 aromatic heterocycles. The van der Waals surface area contributed by atoms with Gasteiger partial charge in [-0.05, 0) is 0 Å². The molecule has 0 bridgehead atoms. The molecule has 1 N–H and O–H groups in total. The van der Waals surface area contributed by atoms with Crippen LogP contribution in [0.2, 0.25) is 0 Å². The van der Waals surface area contributed by atoms with Gasteiger partial charge in [0, 0.05) is 0 Å². The first-order valence-electron chi connectivity index (χ1n) is 3.76. The number of hydrogen-bond donors (Lipinski definition) is 1. The average Bonchev–Trinajstić information content (AvgIpc) is 2.15. The Morgan fingerprint density at radius 3 is 2.31 bits per heavy atom. The van der Waals surface area contributed by atoms with Crippen molar-refractivity contribution in [3.8, 4) is 11.8 Å². The van der Waals surface area contributed by atoms with Crippen molar-refractivity contribution in [2.75, 3.05) is 0 Å². The highest BCUT2D eigenvalue weighted by molar-refractivity contribution is 5.50. The van der Waals surface area contributed by atoms with E-state index in [0.717, 1.165) is 6.07 Å². The summed E-state index contributed by atoms with van der Waals surface area (Å²) in [4.78, 5) is 2.78. The third kappa shape index (κ3) is 2.03. The maximum atomic E-state index is 12.4. The highest BCUT2D eigenvalue weighted by Gasteiger charge is 2.40. The maximum Gasteiger partial charge on any atom is 0.419 e. The van der Waals surface area contributed by atoms with E-state index >= 15 is 0 Å². The Labute approximate surface area is 85.8 Å². The van der Waals surface area contributed by atoms with E-state index in [0.29, 0.717) is 6.20 Å². The van der Waals surface area contributed by atoms with Crippen LogP contribution < -0.4 is 0 Å². The van der Waals surface area contributed by atoms with E-state index in [4.69, 9.17) is 10.4 Å². The second-order valence-corrected chi connectivity index (χ2v) is 2.69. The van der Waals surface area contributed by atoms with Crippen molar-refractivity contribution in [2.45, 2.75) is 12.6 Å². The number of pyridine rings is 1. The first kappa shape index (κ1) is 12.2. The van der Waals surface area contributed by atoms with Crippen LogP contribution in [-0.2, 0) is 6.18 Å². The molecule has 1 heterocycles. The van der Waals surface area contributed by atoms with E-state index in [-0.39, 0.29) is 0 Å². The predicted octanol–water partition coefficient (Wildman–Crippen LogP) is 2.62. The minimum Gasteiger partial charge on any atom is -0.505 e. The van der Waals surface area contributed by atoms with Crippen molar-refractivity contribution in [1.82, 2.24) is 4.98 Å². The predicted molar refractivity (Wildman–Crippen MR) is 40.6 cm³/mol. The number of halogens is 5. The number of aromatic hydroxyl groups is 1. The Balaban J connectivity index is 3.63. The molecule has 0 spiro atoms. The Kier molecular flexibility index (Phi) is 2.98. The molecule has 1 rings (SSSR count). The molecule has 0 amide bonds. The van der Waals surface area contributed by atoms with Gasteiger partial charge in [-0.3, -0.25) is 4.98 Å². The van der Waals surface area contributed by atoms with Crippen LogP contribution in [0.5, 0.6) is 5.75 Å². The van der Waals surface area contributed by atoms with Gasteiger partial charge >= 0.3 is 6.18 Å². The van der Waals surface area contributed by atoms with Crippen molar-refractivity contribution < 1.29 is 27.1 Å². The van der Waals surface area contributed by atoms with E-state index < -0.39 is 35.2 Å². The van der Waals surface area contributed by atoms with Gasteiger partial charge in [-0.15, -0.1) is 0 Å². The van der Waals surface area contributed by atoms with E-state index in [9.17, 15) is 22.0 Å². The van der Waals surface area contributed by atoms with E-state index in [1.54, 1.807) is 0 Å². The number of alkyl halides is 5. The zero-order valence-electron chi connectivity index (χ0n) is 7.39. The zero-order chi connectivity index (χ0) is 12.5. The smallest absolute Gasteiger partial charge is 0.419 e. The van der Waals surface area contributed by atoms with Crippen LogP contribution >= 0.6 is 0 Å². The van der Waals surface area contributed by atoms with Crippen molar-refractivity contribution >= 4 is 0 Å². The zero-order valence-corrected chi connectivity index (χ0v) is 7.39. The molecule has 0 radical (unpaired) electrons. The summed E-state index contributed by atoms with van der Waals surface area (Å²) in [6.45, 7) is 0. The van der Waals surface area contributed by atoms with Crippen molar-refractivity contribution in [3.63, 3.8) is 0 Å². The molecule has 0 aliphatic heterocycles. The minimum atomic E-state index is -5.18. The lowest BCUT2D eigenvalue weighted by Gasteiger charge is -2.13. The van der Waals surface area contributed by atoms with Crippen LogP contribution in [0.4, 0.5) is 22.0 Å². The molecule has 1 aromatic rings. The first-order valence-corrected chi connectivity index (χ1v) is 3.76. The van der Waals surface area contributed by atoms with Gasteiger partial charge in [0.1, 0.15) is 22.9 Å². The van der Waals surface area contributed by atoms with Gasteiger partial charge < -0.3 is 5.11 Å². The molecule has 0 saturated heterocycles. The summed E-state index contributed by atoms with van der Waals surface area (Å²) in [6.07, 6.45) is -8.28. The normalized spacial score (nSPS) is 11.6. The molecule has 86 valence electrons. The topological polar surface area (TPSA) is 56.9 Å². The molecule has 16 heavy (non-hydrogen) atoms. The molecule has 0 fully saturated rings. The summed E-state index contributed by atoms with van der Waals surface area (Å²) < 4.78 is 61.7. The van der Waals surface area contributed by atoms with Gasteiger partial charge in [-0.2, -0.15) is 18.4 Å². The quantitative estimate of drug-likeness (QED) is 0.765. The van der Waals surface area contributed by atoms with Crippen LogP contribution in [0.3, 0.4) is 0 Å². The lowest BCUT2D eigenvalue weighted by Crippen LogP contribution is -2.14. The fraction of sp³-hybridized carbons (Fsp3) is 0.250. The highest BCUT2D eigenvalue weighted by Crippen LogP contribution is 2.39. The monoisotopic (exact) mass is 238 g/mol. The summed E-state index contributed by atoms with van der Waals surface area (Å²) in [5, 5.41) is 17.3. The van der Waals surface area contributed by atoms with E-state index in [2.05, 4.69) is 4.98 Å². The molecule has 0 aliphatic rings. The largest absolute Gasteiger partial charge is 0.505 e. The number of nitriles is 1. The lowest BCUT2D eigenvalue weighted by atomic mass is 10.1. The number of aromatic nitrogens is 1. The van der Waals surface area contributed by atoms with Crippen molar-refractivity contribution in [3.05, 3.63) is 23.0 Å². The third-order valence-electron chi connectivity index (χ3n) is 1.69. The maximum absolute atomic E-state index is 12.4. The molecule has 0 atom stereocenters. The second kappa shape index (κ2) is 3.92. The van der Waals surface area contributed by atoms with Gasteiger partial charge in [0.15, 0.2) is 5.75 Å². The Morgan fingerprint density at radius 2 is 1.94 bits per heavy atom. The minimum absolute atomic E-state index is 0.384. The van der Waals surface area contributed by atoms with Crippen LogP contribution in [0.15, 0.2) is 6.20 Å². The molecule has 0 aromatic carbocycles. The number of nitrogens with zero attached hydrogens (tertiary/aromatic N) is 2. The Morgan fingerprint density at radius 1 is 1.38 bits per heavy atom. The third-order valence-corrected chi connectivity index (χ3v) is 1.69. The van der Waals surface area contributed by atoms with Gasteiger partial charge in [0.05, 0.1) is 6.20 Å². The lowest BCUT2D eigenvalue weighted by molar-refractivity contribution is -0.140. The van der Waals surface area contributed by atoms with E-state index in [1.807, 2.05) is 0 Å². The van der Waals surface area contributed by atoms with Crippen molar-refractivity contribution in [2.24, 2.45) is 0 Å². The van der Waals surface area contributed by atoms with Crippen LogP contribution in [0.1, 0.15) is 23.2 Å².